The highest BCUT2D eigenvalue weighted by Gasteiger charge is 2.45. The van der Waals surface area contributed by atoms with Crippen LogP contribution in [0.3, 0.4) is 0 Å². The maximum absolute atomic E-state index is 12.5. The fourth-order valence-electron chi connectivity index (χ4n) is 3.26. The number of amides is 1. The molecule has 21 heavy (non-hydrogen) atoms. The zero-order chi connectivity index (χ0) is 16.4. The predicted octanol–water partition coefficient (Wildman–Crippen LogP) is 1.86. The molecule has 0 aromatic rings. The van der Waals surface area contributed by atoms with Gasteiger partial charge in [0.25, 0.3) is 0 Å². The largest absolute Gasteiger partial charge is 0.481 e. The molecule has 1 amide bonds. The number of carbonyl (C=O) groups is 2. The first-order valence-corrected chi connectivity index (χ1v) is 7.85. The van der Waals surface area contributed by atoms with Gasteiger partial charge in [-0.3, -0.25) is 9.59 Å². The Morgan fingerprint density at radius 1 is 1.33 bits per heavy atom. The van der Waals surface area contributed by atoms with Gasteiger partial charge in [-0.2, -0.15) is 0 Å². The number of rotatable bonds is 5. The molecule has 1 rings (SSSR count). The second-order valence-electron chi connectivity index (χ2n) is 7.34. The van der Waals surface area contributed by atoms with E-state index in [-0.39, 0.29) is 41.7 Å². The van der Waals surface area contributed by atoms with Crippen molar-refractivity contribution in [2.45, 2.75) is 53.5 Å². The van der Waals surface area contributed by atoms with E-state index in [9.17, 15) is 14.7 Å². The molecule has 0 spiro atoms. The van der Waals surface area contributed by atoms with E-state index < -0.39 is 11.9 Å². The highest BCUT2D eigenvalue weighted by atomic mass is 16.4. The predicted molar refractivity (Wildman–Crippen MR) is 82.6 cm³/mol. The summed E-state index contributed by atoms with van der Waals surface area (Å²) < 4.78 is 0. The highest BCUT2D eigenvalue weighted by molar-refractivity contribution is 5.80. The molecule has 0 aliphatic heterocycles. The lowest BCUT2D eigenvalue weighted by atomic mass is 9.61. The van der Waals surface area contributed by atoms with Crippen LogP contribution in [-0.4, -0.2) is 29.6 Å². The summed E-state index contributed by atoms with van der Waals surface area (Å²) in [6, 6.07) is 0.131. The summed E-state index contributed by atoms with van der Waals surface area (Å²) in [5.74, 6) is -1.28. The number of nitrogens with one attached hydrogen (secondary N) is 1. The Balaban J connectivity index is 2.69. The first kappa shape index (κ1) is 18.0. The Kier molecular flexibility index (Phi) is 5.79. The number of carbonyl (C=O) groups excluding carboxylic acids is 1. The first-order chi connectivity index (χ1) is 9.59. The van der Waals surface area contributed by atoms with Crippen molar-refractivity contribution in [1.29, 1.82) is 0 Å². The molecule has 0 bridgehead atoms. The molecule has 0 radical (unpaired) electrons. The smallest absolute Gasteiger partial charge is 0.308 e. The average molecular weight is 298 g/mol. The van der Waals surface area contributed by atoms with Crippen molar-refractivity contribution in [3.63, 3.8) is 0 Å². The average Bonchev–Trinajstić information content (AvgIpc) is 2.35. The fraction of sp³-hybridized carbons (Fsp3) is 0.875. The number of carboxylic acid groups (broad SMARTS) is 1. The molecule has 1 aliphatic carbocycles. The Bertz CT molecular complexity index is 393. The molecule has 0 heterocycles. The van der Waals surface area contributed by atoms with E-state index in [1.54, 1.807) is 0 Å². The Morgan fingerprint density at radius 3 is 2.38 bits per heavy atom. The van der Waals surface area contributed by atoms with Crippen LogP contribution in [0, 0.1) is 29.1 Å². The van der Waals surface area contributed by atoms with Crippen LogP contribution in [0.25, 0.3) is 0 Å². The van der Waals surface area contributed by atoms with Crippen LogP contribution in [0.5, 0.6) is 0 Å². The van der Waals surface area contributed by atoms with E-state index in [2.05, 4.69) is 26.1 Å². The van der Waals surface area contributed by atoms with Crippen LogP contribution in [0.1, 0.15) is 47.5 Å². The van der Waals surface area contributed by atoms with Crippen molar-refractivity contribution in [1.82, 2.24) is 5.32 Å². The summed E-state index contributed by atoms with van der Waals surface area (Å²) in [5, 5.41) is 12.0. The van der Waals surface area contributed by atoms with Gasteiger partial charge in [0.15, 0.2) is 0 Å². The van der Waals surface area contributed by atoms with Crippen LogP contribution < -0.4 is 11.1 Å². The van der Waals surface area contributed by atoms with Gasteiger partial charge in [-0.05, 0) is 30.1 Å². The van der Waals surface area contributed by atoms with E-state index in [0.717, 1.165) is 12.8 Å². The van der Waals surface area contributed by atoms with E-state index in [0.29, 0.717) is 0 Å². The lowest BCUT2D eigenvalue weighted by Crippen LogP contribution is -2.52. The molecule has 1 aliphatic rings. The van der Waals surface area contributed by atoms with Gasteiger partial charge in [-0.15, -0.1) is 0 Å². The minimum atomic E-state index is -0.858. The summed E-state index contributed by atoms with van der Waals surface area (Å²) in [7, 11) is 0. The number of nitrogens with two attached hydrogens (primary N) is 1. The molecule has 0 aromatic carbocycles. The van der Waals surface area contributed by atoms with Crippen molar-refractivity contribution in [3.05, 3.63) is 0 Å². The lowest BCUT2D eigenvalue weighted by molar-refractivity contribution is -0.143. The van der Waals surface area contributed by atoms with Gasteiger partial charge in [-0.25, -0.2) is 0 Å². The SMILES string of the molecule is CC(C)C(CNC(=O)C1CCC(N)C(C)C1(C)C)C(=O)O. The maximum Gasteiger partial charge on any atom is 0.308 e. The lowest BCUT2D eigenvalue weighted by Gasteiger charge is -2.46. The van der Waals surface area contributed by atoms with Gasteiger partial charge < -0.3 is 16.2 Å². The van der Waals surface area contributed by atoms with Crippen molar-refractivity contribution < 1.29 is 14.7 Å². The summed E-state index contributed by atoms with van der Waals surface area (Å²) in [6.45, 7) is 10.2. The van der Waals surface area contributed by atoms with E-state index in [1.165, 1.54) is 0 Å². The zero-order valence-electron chi connectivity index (χ0n) is 13.8. The van der Waals surface area contributed by atoms with Crippen molar-refractivity contribution >= 4 is 11.9 Å². The standard InChI is InChI=1S/C16H30N2O3/c1-9(2)11(15(20)21)8-18-14(19)12-6-7-13(17)10(3)16(12,4)5/h9-13H,6-8,17H2,1-5H3,(H,18,19)(H,20,21). The third kappa shape index (κ3) is 3.96. The maximum atomic E-state index is 12.5. The summed E-state index contributed by atoms with van der Waals surface area (Å²) in [5.41, 5.74) is 5.94. The van der Waals surface area contributed by atoms with Gasteiger partial charge >= 0.3 is 5.97 Å². The van der Waals surface area contributed by atoms with Crippen molar-refractivity contribution in [2.75, 3.05) is 6.54 Å². The van der Waals surface area contributed by atoms with Gasteiger partial charge in [0, 0.05) is 18.5 Å². The van der Waals surface area contributed by atoms with E-state index >= 15 is 0 Å². The van der Waals surface area contributed by atoms with Crippen LogP contribution in [0.15, 0.2) is 0 Å². The quantitative estimate of drug-likeness (QED) is 0.722. The van der Waals surface area contributed by atoms with Crippen molar-refractivity contribution in [3.8, 4) is 0 Å². The third-order valence-electron chi connectivity index (χ3n) is 5.44. The second kappa shape index (κ2) is 6.77. The van der Waals surface area contributed by atoms with E-state index in [4.69, 9.17) is 5.73 Å². The second-order valence-corrected chi connectivity index (χ2v) is 7.34. The Hall–Kier alpha value is -1.10. The van der Waals surface area contributed by atoms with Crippen molar-refractivity contribution in [2.24, 2.45) is 34.8 Å². The minimum Gasteiger partial charge on any atom is -0.481 e. The Morgan fingerprint density at radius 2 is 1.90 bits per heavy atom. The zero-order valence-corrected chi connectivity index (χ0v) is 13.8. The third-order valence-corrected chi connectivity index (χ3v) is 5.44. The highest BCUT2D eigenvalue weighted by Crippen LogP contribution is 2.44. The molecule has 4 N–H and O–H groups in total. The molecule has 1 saturated carbocycles. The number of aliphatic carboxylic acids is 1. The number of carboxylic acids is 1. The van der Waals surface area contributed by atoms with Crippen LogP contribution in [0.2, 0.25) is 0 Å². The molecular weight excluding hydrogens is 268 g/mol. The van der Waals surface area contributed by atoms with Crippen LogP contribution >= 0.6 is 0 Å². The number of hydrogen-bond acceptors (Lipinski definition) is 3. The molecule has 0 aromatic heterocycles. The Labute approximate surface area is 127 Å². The van der Waals surface area contributed by atoms with Gasteiger partial charge in [0.1, 0.15) is 0 Å². The minimum absolute atomic E-state index is 0.00508. The van der Waals surface area contributed by atoms with Gasteiger partial charge in [-0.1, -0.05) is 34.6 Å². The van der Waals surface area contributed by atoms with E-state index in [1.807, 2.05) is 13.8 Å². The summed E-state index contributed by atoms with van der Waals surface area (Å²) in [4.78, 5) is 23.7. The normalized spacial score (nSPS) is 30.0. The number of hydrogen-bond donors (Lipinski definition) is 3. The fourth-order valence-corrected chi connectivity index (χ4v) is 3.26. The molecular formula is C16H30N2O3. The molecule has 1 fully saturated rings. The summed E-state index contributed by atoms with van der Waals surface area (Å²) in [6.07, 6.45) is 1.61. The van der Waals surface area contributed by atoms with Crippen LogP contribution in [0.4, 0.5) is 0 Å². The monoisotopic (exact) mass is 298 g/mol. The molecule has 122 valence electrons. The molecule has 5 nitrogen and oxygen atoms in total. The van der Waals surface area contributed by atoms with Crippen LogP contribution in [-0.2, 0) is 9.59 Å². The topological polar surface area (TPSA) is 92.4 Å². The molecule has 0 saturated heterocycles. The first-order valence-electron chi connectivity index (χ1n) is 7.85. The molecule has 5 heteroatoms. The molecule has 4 unspecified atom stereocenters. The van der Waals surface area contributed by atoms with Gasteiger partial charge in [0.2, 0.25) is 5.91 Å². The summed E-state index contributed by atoms with van der Waals surface area (Å²) >= 11 is 0. The van der Waals surface area contributed by atoms with Gasteiger partial charge in [0.05, 0.1) is 5.92 Å². The molecule has 4 atom stereocenters.